The first-order chi connectivity index (χ1) is 13.9. The summed E-state index contributed by atoms with van der Waals surface area (Å²) >= 11 is 0. The number of esters is 1. The lowest BCUT2D eigenvalue weighted by atomic mass is 10.2. The first kappa shape index (κ1) is 21.5. The van der Waals surface area contributed by atoms with Crippen molar-refractivity contribution in [3.05, 3.63) is 59.8 Å². The molecule has 152 valence electrons. The van der Waals surface area contributed by atoms with E-state index in [9.17, 15) is 14.4 Å². The molecule has 0 heterocycles. The Morgan fingerprint density at radius 1 is 1.00 bits per heavy atom. The predicted molar refractivity (Wildman–Crippen MR) is 107 cm³/mol. The highest BCUT2D eigenvalue weighted by atomic mass is 16.5. The number of carbonyl (C=O) groups is 3. The number of anilines is 1. The fourth-order valence-corrected chi connectivity index (χ4v) is 2.35. The van der Waals surface area contributed by atoms with Crippen LogP contribution in [0.4, 0.5) is 5.69 Å². The zero-order valence-corrected chi connectivity index (χ0v) is 16.4. The normalized spacial score (nSPS) is 10.7. The number of hydrogen-bond donors (Lipinski definition) is 2. The van der Waals surface area contributed by atoms with Gasteiger partial charge >= 0.3 is 5.97 Å². The van der Waals surface area contributed by atoms with Gasteiger partial charge in [-0.3, -0.25) is 9.59 Å². The molecule has 0 saturated carbocycles. The minimum absolute atomic E-state index is 0.0708. The molecule has 0 aliphatic carbocycles. The van der Waals surface area contributed by atoms with Crippen LogP contribution in [0.2, 0.25) is 0 Å². The van der Waals surface area contributed by atoms with Crippen molar-refractivity contribution in [1.82, 2.24) is 5.32 Å². The number of carbonyl (C=O) groups excluding carboxylic acids is 3. The van der Waals surface area contributed by atoms with E-state index in [2.05, 4.69) is 10.6 Å². The fourth-order valence-electron chi connectivity index (χ4n) is 2.35. The summed E-state index contributed by atoms with van der Waals surface area (Å²) in [4.78, 5) is 35.9. The zero-order chi connectivity index (χ0) is 21.2. The summed E-state index contributed by atoms with van der Waals surface area (Å²) in [6.45, 7) is 0.731. The predicted octanol–water partition coefficient (Wildman–Crippen LogP) is 2.36. The SMILES string of the molecule is COc1ccc(NC(=O)COC(=O)/C(=C/c2ccccc2)NC(C)=O)c(OC)c1. The van der Waals surface area contributed by atoms with E-state index in [1.807, 2.05) is 6.07 Å². The molecule has 0 spiro atoms. The largest absolute Gasteiger partial charge is 0.497 e. The van der Waals surface area contributed by atoms with E-state index in [-0.39, 0.29) is 5.70 Å². The summed E-state index contributed by atoms with van der Waals surface area (Å²) in [5.41, 5.74) is 1.02. The third-order valence-corrected chi connectivity index (χ3v) is 3.66. The first-order valence-electron chi connectivity index (χ1n) is 8.66. The van der Waals surface area contributed by atoms with E-state index in [1.165, 1.54) is 27.2 Å². The molecule has 0 fully saturated rings. The van der Waals surface area contributed by atoms with Crippen LogP contribution in [-0.4, -0.2) is 38.6 Å². The molecule has 2 N–H and O–H groups in total. The number of hydrogen-bond acceptors (Lipinski definition) is 6. The van der Waals surface area contributed by atoms with Crippen LogP contribution in [0.15, 0.2) is 54.2 Å². The molecule has 0 aromatic heterocycles. The molecule has 0 aliphatic heterocycles. The van der Waals surface area contributed by atoms with Gasteiger partial charge in [0.2, 0.25) is 5.91 Å². The molecule has 8 heteroatoms. The van der Waals surface area contributed by atoms with Crippen molar-refractivity contribution in [2.75, 3.05) is 26.1 Å². The summed E-state index contributed by atoms with van der Waals surface area (Å²) in [6, 6.07) is 13.8. The van der Waals surface area contributed by atoms with Gasteiger partial charge in [0.1, 0.15) is 17.2 Å². The average molecular weight is 398 g/mol. The van der Waals surface area contributed by atoms with Crippen LogP contribution < -0.4 is 20.1 Å². The van der Waals surface area contributed by atoms with Gasteiger partial charge < -0.3 is 24.8 Å². The molecule has 0 aliphatic rings. The van der Waals surface area contributed by atoms with Crippen LogP contribution in [-0.2, 0) is 19.1 Å². The van der Waals surface area contributed by atoms with Gasteiger partial charge in [-0.1, -0.05) is 30.3 Å². The quantitative estimate of drug-likeness (QED) is 0.523. The molecule has 0 radical (unpaired) electrons. The fraction of sp³-hybridized carbons (Fsp3) is 0.190. The second-order valence-corrected chi connectivity index (χ2v) is 5.84. The third-order valence-electron chi connectivity index (χ3n) is 3.66. The second-order valence-electron chi connectivity index (χ2n) is 5.84. The Labute approximate surface area is 168 Å². The van der Waals surface area contributed by atoms with Crippen molar-refractivity contribution in [3.8, 4) is 11.5 Å². The Hall–Kier alpha value is -3.81. The van der Waals surface area contributed by atoms with Crippen molar-refractivity contribution >= 4 is 29.5 Å². The van der Waals surface area contributed by atoms with Gasteiger partial charge in [-0.15, -0.1) is 0 Å². The minimum atomic E-state index is -0.833. The number of rotatable bonds is 8. The number of ether oxygens (including phenoxy) is 3. The van der Waals surface area contributed by atoms with Crippen LogP contribution >= 0.6 is 0 Å². The molecule has 0 atom stereocenters. The van der Waals surface area contributed by atoms with Crippen LogP contribution in [0.25, 0.3) is 6.08 Å². The molecular weight excluding hydrogens is 376 g/mol. The highest BCUT2D eigenvalue weighted by Gasteiger charge is 2.16. The topological polar surface area (TPSA) is 103 Å². The molecular formula is C21H22N2O6. The molecule has 2 amide bonds. The lowest BCUT2D eigenvalue weighted by molar-refractivity contribution is -0.144. The third kappa shape index (κ3) is 6.69. The molecule has 2 aromatic carbocycles. The molecule has 2 aromatic rings. The van der Waals surface area contributed by atoms with Gasteiger partial charge in [0, 0.05) is 13.0 Å². The van der Waals surface area contributed by atoms with Gasteiger partial charge in [0.15, 0.2) is 6.61 Å². The molecule has 8 nitrogen and oxygen atoms in total. The number of nitrogens with one attached hydrogen (secondary N) is 2. The Bertz CT molecular complexity index is 909. The van der Waals surface area contributed by atoms with E-state index in [0.29, 0.717) is 22.7 Å². The van der Waals surface area contributed by atoms with Crippen LogP contribution in [0.1, 0.15) is 12.5 Å². The second kappa shape index (κ2) is 10.5. The summed E-state index contributed by atoms with van der Waals surface area (Å²) in [7, 11) is 2.97. The van der Waals surface area contributed by atoms with Crippen LogP contribution in [0.3, 0.4) is 0 Å². The van der Waals surface area contributed by atoms with E-state index in [4.69, 9.17) is 14.2 Å². The molecule has 2 rings (SSSR count). The van der Waals surface area contributed by atoms with E-state index >= 15 is 0 Å². The minimum Gasteiger partial charge on any atom is -0.497 e. The Morgan fingerprint density at radius 3 is 2.34 bits per heavy atom. The van der Waals surface area contributed by atoms with Gasteiger partial charge in [-0.2, -0.15) is 0 Å². The molecule has 0 saturated heterocycles. The summed E-state index contributed by atoms with van der Waals surface area (Å²) in [5, 5.41) is 5.01. The van der Waals surface area contributed by atoms with E-state index in [1.54, 1.807) is 42.5 Å². The van der Waals surface area contributed by atoms with Gasteiger partial charge in [-0.25, -0.2) is 4.79 Å². The molecule has 0 unspecified atom stereocenters. The summed E-state index contributed by atoms with van der Waals surface area (Å²) < 4.78 is 15.3. The van der Waals surface area contributed by atoms with E-state index < -0.39 is 24.4 Å². The standard InChI is InChI=1S/C21H22N2O6/c1-14(24)22-18(11-15-7-5-4-6-8-15)21(26)29-13-20(25)23-17-10-9-16(27-2)12-19(17)28-3/h4-12H,13H2,1-3H3,(H,22,24)(H,23,25)/b18-11-. The smallest absolute Gasteiger partial charge is 0.355 e. The van der Waals surface area contributed by atoms with Crippen molar-refractivity contribution in [1.29, 1.82) is 0 Å². The Kier molecular flexibility index (Phi) is 7.78. The Morgan fingerprint density at radius 2 is 1.72 bits per heavy atom. The van der Waals surface area contributed by atoms with Gasteiger partial charge in [0.05, 0.1) is 19.9 Å². The lowest BCUT2D eigenvalue weighted by Gasteiger charge is -2.12. The Balaban J connectivity index is 2.03. The van der Waals surface area contributed by atoms with Crippen molar-refractivity contribution in [2.45, 2.75) is 6.92 Å². The van der Waals surface area contributed by atoms with Gasteiger partial charge in [-0.05, 0) is 23.8 Å². The van der Waals surface area contributed by atoms with Crippen molar-refractivity contribution in [3.63, 3.8) is 0 Å². The maximum Gasteiger partial charge on any atom is 0.355 e. The van der Waals surface area contributed by atoms with Crippen molar-refractivity contribution in [2.24, 2.45) is 0 Å². The number of methoxy groups -OCH3 is 2. The maximum atomic E-state index is 12.3. The average Bonchev–Trinajstić information content (AvgIpc) is 2.72. The van der Waals surface area contributed by atoms with Crippen molar-refractivity contribution < 1.29 is 28.6 Å². The number of amides is 2. The maximum absolute atomic E-state index is 12.3. The summed E-state index contributed by atoms with van der Waals surface area (Å²) in [6.07, 6.45) is 1.47. The summed E-state index contributed by atoms with van der Waals surface area (Å²) in [5.74, 6) is -0.870. The zero-order valence-electron chi connectivity index (χ0n) is 16.4. The number of benzene rings is 2. The van der Waals surface area contributed by atoms with E-state index in [0.717, 1.165) is 0 Å². The lowest BCUT2D eigenvalue weighted by Crippen LogP contribution is -2.29. The van der Waals surface area contributed by atoms with Crippen LogP contribution in [0, 0.1) is 0 Å². The van der Waals surface area contributed by atoms with Crippen LogP contribution in [0.5, 0.6) is 11.5 Å². The highest BCUT2D eigenvalue weighted by molar-refractivity contribution is 6.00. The highest BCUT2D eigenvalue weighted by Crippen LogP contribution is 2.28. The molecule has 29 heavy (non-hydrogen) atoms. The first-order valence-corrected chi connectivity index (χ1v) is 8.66. The monoisotopic (exact) mass is 398 g/mol. The van der Waals surface area contributed by atoms with Gasteiger partial charge in [0.25, 0.3) is 5.91 Å². The molecule has 0 bridgehead atoms.